The zero-order chi connectivity index (χ0) is 20.3. The molecule has 1 aliphatic heterocycles. The van der Waals surface area contributed by atoms with E-state index in [4.69, 9.17) is 0 Å². The summed E-state index contributed by atoms with van der Waals surface area (Å²) in [6, 6.07) is 14.8. The molecule has 4 nitrogen and oxygen atoms in total. The first-order valence-electron chi connectivity index (χ1n) is 10.3. The van der Waals surface area contributed by atoms with Crippen LogP contribution >= 0.6 is 24.0 Å². The molecule has 162 valence electrons. The first kappa shape index (κ1) is 22.8. The van der Waals surface area contributed by atoms with Crippen LogP contribution in [0, 0.1) is 17.6 Å². The van der Waals surface area contributed by atoms with Crippen LogP contribution in [0.1, 0.15) is 24.8 Å². The Morgan fingerprint density at radius 1 is 1.10 bits per heavy atom. The van der Waals surface area contributed by atoms with Crippen LogP contribution in [0.4, 0.5) is 14.5 Å². The van der Waals surface area contributed by atoms with Gasteiger partial charge in [0.2, 0.25) is 0 Å². The summed E-state index contributed by atoms with van der Waals surface area (Å²) >= 11 is 0. The molecule has 0 spiro atoms. The number of guanidine groups is 1. The quantitative estimate of drug-likeness (QED) is 0.335. The molecule has 4 rings (SSSR count). The summed E-state index contributed by atoms with van der Waals surface area (Å²) in [5, 5.41) is 6.92. The monoisotopic (exact) mass is 526 g/mol. The second kappa shape index (κ2) is 9.94. The number of halogens is 3. The third kappa shape index (κ3) is 5.22. The number of nitrogens with one attached hydrogen (secondary N) is 2. The molecule has 0 amide bonds. The Morgan fingerprint density at radius 2 is 1.87 bits per heavy atom. The molecule has 1 atom stereocenters. The molecular formula is C23H29F2IN4. The highest BCUT2D eigenvalue weighted by atomic mass is 127. The largest absolute Gasteiger partial charge is 0.371 e. The molecule has 7 heteroatoms. The van der Waals surface area contributed by atoms with E-state index in [1.807, 2.05) is 0 Å². The minimum atomic E-state index is -0.801. The van der Waals surface area contributed by atoms with Crippen molar-refractivity contribution in [1.29, 1.82) is 0 Å². The van der Waals surface area contributed by atoms with Crippen molar-refractivity contribution < 1.29 is 8.78 Å². The van der Waals surface area contributed by atoms with Gasteiger partial charge < -0.3 is 15.5 Å². The molecule has 2 N–H and O–H groups in total. The van der Waals surface area contributed by atoms with Crippen LogP contribution in [-0.4, -0.2) is 39.2 Å². The Morgan fingerprint density at radius 3 is 2.53 bits per heavy atom. The molecule has 30 heavy (non-hydrogen) atoms. The fraction of sp³-hybridized carbons (Fsp3) is 0.435. The Balaban J connectivity index is 0.00000256. The van der Waals surface area contributed by atoms with Gasteiger partial charge in [-0.05, 0) is 42.9 Å². The summed E-state index contributed by atoms with van der Waals surface area (Å²) in [5.74, 6) is -0.338. The number of aliphatic imine (C=N–C) groups is 1. The summed E-state index contributed by atoms with van der Waals surface area (Å²) in [5.41, 5.74) is 2.36. The zero-order valence-corrected chi connectivity index (χ0v) is 19.5. The summed E-state index contributed by atoms with van der Waals surface area (Å²) in [4.78, 5) is 6.47. The lowest BCUT2D eigenvalue weighted by Gasteiger charge is -2.21. The minimum absolute atomic E-state index is 0. The van der Waals surface area contributed by atoms with E-state index in [0.717, 1.165) is 44.2 Å². The summed E-state index contributed by atoms with van der Waals surface area (Å²) in [6.45, 7) is 3.35. The van der Waals surface area contributed by atoms with Crippen molar-refractivity contribution in [2.75, 3.05) is 38.1 Å². The van der Waals surface area contributed by atoms with Crippen LogP contribution in [0.25, 0.3) is 0 Å². The van der Waals surface area contributed by atoms with Crippen LogP contribution in [0.3, 0.4) is 0 Å². The van der Waals surface area contributed by atoms with Gasteiger partial charge in [-0.25, -0.2) is 8.78 Å². The van der Waals surface area contributed by atoms with E-state index < -0.39 is 11.6 Å². The lowest BCUT2D eigenvalue weighted by molar-refractivity contribution is 0.508. The molecule has 0 radical (unpaired) electrons. The normalized spacial score (nSPS) is 19.9. The maximum atomic E-state index is 13.5. The van der Waals surface area contributed by atoms with Crippen molar-refractivity contribution >= 4 is 35.6 Å². The highest BCUT2D eigenvalue weighted by molar-refractivity contribution is 14.0. The molecule has 2 aromatic rings. The number of rotatable bonds is 6. The Hall–Kier alpha value is -1.90. The van der Waals surface area contributed by atoms with Crippen molar-refractivity contribution in [3.63, 3.8) is 0 Å². The maximum absolute atomic E-state index is 13.5. The standard InChI is InChI=1S/C23H28F2N4.HI/c1-26-22(28-16-23(10-11-23)18-5-3-2-4-6-18)27-14-17-9-12-29(15-17)19-7-8-20(24)21(25)13-19;/h2-8,13,17H,9-12,14-16H2,1H3,(H2,26,27,28);1H. The van der Waals surface area contributed by atoms with Gasteiger partial charge in [-0.1, -0.05) is 30.3 Å². The summed E-state index contributed by atoms with van der Waals surface area (Å²) in [6.07, 6.45) is 3.41. The van der Waals surface area contributed by atoms with Gasteiger partial charge in [-0.15, -0.1) is 24.0 Å². The summed E-state index contributed by atoms with van der Waals surface area (Å²) in [7, 11) is 1.79. The number of benzene rings is 2. The third-order valence-corrected chi connectivity index (χ3v) is 6.17. The van der Waals surface area contributed by atoms with Gasteiger partial charge in [0.15, 0.2) is 17.6 Å². The highest BCUT2D eigenvalue weighted by Crippen LogP contribution is 2.47. The molecule has 1 saturated carbocycles. The molecular weight excluding hydrogens is 497 g/mol. The SMILES string of the molecule is CN=C(NCC1CCN(c2ccc(F)c(F)c2)C1)NCC1(c2ccccc2)CC1.I. The third-order valence-electron chi connectivity index (χ3n) is 6.17. The molecule has 2 fully saturated rings. The lowest BCUT2D eigenvalue weighted by Crippen LogP contribution is -2.43. The van der Waals surface area contributed by atoms with Crippen LogP contribution in [-0.2, 0) is 5.41 Å². The van der Waals surface area contributed by atoms with E-state index >= 15 is 0 Å². The van der Waals surface area contributed by atoms with Crippen molar-refractivity contribution in [2.24, 2.45) is 10.9 Å². The maximum Gasteiger partial charge on any atom is 0.191 e. The van der Waals surface area contributed by atoms with E-state index in [1.54, 1.807) is 13.1 Å². The second-order valence-electron chi connectivity index (χ2n) is 8.15. The Bertz CT molecular complexity index is 871. The van der Waals surface area contributed by atoms with Gasteiger partial charge in [-0.2, -0.15) is 0 Å². The van der Waals surface area contributed by atoms with E-state index in [0.29, 0.717) is 5.92 Å². The predicted molar refractivity (Wildman–Crippen MR) is 129 cm³/mol. The fourth-order valence-electron chi connectivity index (χ4n) is 4.14. The first-order valence-corrected chi connectivity index (χ1v) is 10.3. The van der Waals surface area contributed by atoms with Crippen molar-refractivity contribution in [2.45, 2.75) is 24.7 Å². The molecule has 1 unspecified atom stereocenters. The van der Waals surface area contributed by atoms with Crippen LogP contribution in [0.2, 0.25) is 0 Å². The van der Waals surface area contributed by atoms with E-state index in [-0.39, 0.29) is 29.4 Å². The molecule has 0 aromatic heterocycles. The smallest absolute Gasteiger partial charge is 0.191 e. The molecule has 2 aromatic carbocycles. The number of nitrogens with zero attached hydrogens (tertiary/aromatic N) is 2. The molecule has 2 aliphatic rings. The molecule has 1 aliphatic carbocycles. The fourth-order valence-corrected chi connectivity index (χ4v) is 4.14. The molecule has 1 heterocycles. The topological polar surface area (TPSA) is 39.7 Å². The average molecular weight is 526 g/mol. The van der Waals surface area contributed by atoms with E-state index in [1.165, 1.54) is 30.5 Å². The van der Waals surface area contributed by atoms with E-state index in [2.05, 4.69) is 50.9 Å². The van der Waals surface area contributed by atoms with Gasteiger partial charge in [0.05, 0.1) is 0 Å². The van der Waals surface area contributed by atoms with Gasteiger partial charge >= 0.3 is 0 Å². The second-order valence-corrected chi connectivity index (χ2v) is 8.15. The first-order chi connectivity index (χ1) is 14.1. The Labute approximate surface area is 194 Å². The Kier molecular flexibility index (Phi) is 7.55. The van der Waals surface area contributed by atoms with Gasteiger partial charge in [-0.3, -0.25) is 4.99 Å². The number of anilines is 1. The average Bonchev–Trinajstić information content (AvgIpc) is 3.40. The van der Waals surface area contributed by atoms with Gasteiger partial charge in [0.1, 0.15) is 0 Å². The van der Waals surface area contributed by atoms with Gasteiger partial charge in [0.25, 0.3) is 0 Å². The molecule has 0 bridgehead atoms. The van der Waals surface area contributed by atoms with Crippen molar-refractivity contribution in [3.05, 3.63) is 65.7 Å². The lowest BCUT2D eigenvalue weighted by atomic mass is 9.96. The van der Waals surface area contributed by atoms with Crippen LogP contribution in [0.15, 0.2) is 53.5 Å². The molecule has 1 saturated heterocycles. The van der Waals surface area contributed by atoms with Crippen LogP contribution in [0.5, 0.6) is 0 Å². The number of hydrogen-bond acceptors (Lipinski definition) is 2. The minimum Gasteiger partial charge on any atom is -0.371 e. The number of hydrogen-bond donors (Lipinski definition) is 2. The van der Waals surface area contributed by atoms with Crippen LogP contribution < -0.4 is 15.5 Å². The van der Waals surface area contributed by atoms with E-state index in [9.17, 15) is 8.78 Å². The predicted octanol–water partition coefficient (Wildman–Crippen LogP) is 4.31. The zero-order valence-electron chi connectivity index (χ0n) is 17.2. The van der Waals surface area contributed by atoms with Crippen molar-refractivity contribution in [3.8, 4) is 0 Å². The summed E-state index contributed by atoms with van der Waals surface area (Å²) < 4.78 is 26.7. The van der Waals surface area contributed by atoms with Gasteiger partial charge in [0, 0.05) is 50.4 Å². The van der Waals surface area contributed by atoms with Crippen molar-refractivity contribution in [1.82, 2.24) is 10.6 Å². The highest BCUT2D eigenvalue weighted by Gasteiger charge is 2.44.